The largest absolute Gasteiger partial charge is 0.463 e. The molecule has 0 aliphatic heterocycles. The lowest BCUT2D eigenvalue weighted by Crippen LogP contribution is -2.32. The van der Waals surface area contributed by atoms with E-state index in [-0.39, 0.29) is 23.7 Å². The molecule has 0 unspecified atom stereocenters. The maximum absolute atomic E-state index is 11.7. The second-order valence-electron chi connectivity index (χ2n) is 3.87. The predicted octanol–water partition coefficient (Wildman–Crippen LogP) is 1.41. The quantitative estimate of drug-likeness (QED) is 0.770. The summed E-state index contributed by atoms with van der Waals surface area (Å²) in [7, 11) is 0. The van der Waals surface area contributed by atoms with Crippen molar-refractivity contribution in [2.75, 3.05) is 17.8 Å². The maximum Gasteiger partial charge on any atom is 0.337 e. The Morgan fingerprint density at radius 2 is 2.31 bits per heavy atom. The minimum atomic E-state index is -0.653. The summed E-state index contributed by atoms with van der Waals surface area (Å²) in [5.41, 5.74) is -0.653. The summed E-state index contributed by atoms with van der Waals surface area (Å²) in [6.45, 7) is 5.79. The van der Waals surface area contributed by atoms with Crippen LogP contribution in [0.15, 0.2) is 0 Å². The van der Waals surface area contributed by atoms with Crippen LogP contribution in [0.25, 0.3) is 0 Å². The molecule has 0 spiro atoms. The molecule has 6 nitrogen and oxygen atoms in total. The molecule has 16 heavy (non-hydrogen) atoms. The highest BCUT2D eigenvalue weighted by atomic mass is 35.5. The lowest BCUT2D eigenvalue weighted by atomic mass is 9.95. The Morgan fingerprint density at radius 3 is 2.88 bits per heavy atom. The first kappa shape index (κ1) is 12.8. The number of alkyl halides is 1. The zero-order chi connectivity index (χ0) is 12.2. The average molecular weight is 247 g/mol. The van der Waals surface area contributed by atoms with Crippen molar-refractivity contribution in [1.82, 2.24) is 15.2 Å². The Hall–Kier alpha value is -1.30. The summed E-state index contributed by atoms with van der Waals surface area (Å²) in [5, 5.41) is 8.90. The van der Waals surface area contributed by atoms with Gasteiger partial charge in [-0.15, -0.1) is 16.7 Å². The van der Waals surface area contributed by atoms with Crippen LogP contribution in [-0.4, -0.2) is 33.6 Å². The molecule has 1 aromatic rings. The second-order valence-corrected chi connectivity index (χ2v) is 4.14. The molecule has 7 heteroatoms. The third-order valence-corrected chi connectivity index (χ3v) is 2.59. The molecule has 2 N–H and O–H groups in total. The number of halogens is 1. The Morgan fingerprint density at radius 1 is 1.62 bits per heavy atom. The first-order chi connectivity index (χ1) is 7.49. The number of nitrogens with zero attached hydrogens (tertiary/aromatic N) is 2. The van der Waals surface area contributed by atoms with Gasteiger partial charge in [-0.3, -0.25) is 10.1 Å². The molecule has 1 aromatic heterocycles. The van der Waals surface area contributed by atoms with Crippen LogP contribution in [0.2, 0.25) is 0 Å². The maximum atomic E-state index is 11.7. The van der Waals surface area contributed by atoms with Gasteiger partial charge in [0.1, 0.15) is 0 Å². The van der Waals surface area contributed by atoms with E-state index in [1.165, 1.54) is 0 Å². The van der Waals surface area contributed by atoms with Crippen molar-refractivity contribution in [3.8, 4) is 6.01 Å². The first-order valence-corrected chi connectivity index (χ1v) is 5.45. The van der Waals surface area contributed by atoms with E-state index in [2.05, 4.69) is 20.5 Å². The van der Waals surface area contributed by atoms with Crippen LogP contribution in [0.5, 0.6) is 6.01 Å². The molecule has 0 atom stereocenters. The fourth-order valence-electron chi connectivity index (χ4n) is 0.833. The smallest absolute Gasteiger partial charge is 0.337 e. The summed E-state index contributed by atoms with van der Waals surface area (Å²) < 4.78 is 5.05. The Bertz CT molecular complexity index is 364. The molecule has 0 bridgehead atoms. The van der Waals surface area contributed by atoms with Crippen LogP contribution < -0.4 is 10.1 Å². The number of rotatable bonds is 5. The van der Waals surface area contributed by atoms with Gasteiger partial charge in [0.15, 0.2) is 0 Å². The van der Waals surface area contributed by atoms with Crippen LogP contribution in [0.1, 0.15) is 20.8 Å². The topological polar surface area (TPSA) is 79.9 Å². The molecule has 1 rings (SSSR count). The van der Waals surface area contributed by atoms with Crippen molar-refractivity contribution in [3.63, 3.8) is 0 Å². The van der Waals surface area contributed by atoms with Gasteiger partial charge in [-0.1, -0.05) is 0 Å². The normalized spacial score (nSPS) is 11.2. The summed E-state index contributed by atoms with van der Waals surface area (Å²) in [6.07, 6.45) is 0. The third kappa shape index (κ3) is 3.10. The number of hydrogen-bond acceptors (Lipinski definition) is 4. The lowest BCUT2D eigenvalue weighted by molar-refractivity contribution is -0.123. The Labute approximate surface area is 98.7 Å². The van der Waals surface area contributed by atoms with Crippen LogP contribution >= 0.6 is 11.6 Å². The Balaban J connectivity index is 2.63. The molecule has 0 saturated carbocycles. The number of nitrogens with one attached hydrogen (secondary N) is 2. The average Bonchev–Trinajstić information content (AvgIpc) is 2.66. The van der Waals surface area contributed by atoms with Crippen LogP contribution in [0, 0.1) is 5.41 Å². The zero-order valence-electron chi connectivity index (χ0n) is 9.50. The molecule has 90 valence electrons. The third-order valence-electron chi connectivity index (χ3n) is 1.92. The van der Waals surface area contributed by atoms with E-state index in [1.54, 1.807) is 13.8 Å². The molecule has 0 saturated heterocycles. The fourth-order valence-corrected chi connectivity index (χ4v) is 0.955. The van der Waals surface area contributed by atoms with E-state index < -0.39 is 5.41 Å². The van der Waals surface area contributed by atoms with Gasteiger partial charge < -0.3 is 4.74 Å². The van der Waals surface area contributed by atoms with Crippen molar-refractivity contribution in [1.29, 1.82) is 0 Å². The van der Waals surface area contributed by atoms with Crippen LogP contribution in [0.3, 0.4) is 0 Å². The summed E-state index contributed by atoms with van der Waals surface area (Å²) >= 11 is 5.68. The van der Waals surface area contributed by atoms with Gasteiger partial charge in [-0.25, -0.2) is 5.10 Å². The van der Waals surface area contributed by atoms with Crippen molar-refractivity contribution in [2.24, 2.45) is 5.41 Å². The molecule has 0 aromatic carbocycles. The number of anilines is 1. The van der Waals surface area contributed by atoms with Crippen LogP contribution in [-0.2, 0) is 4.79 Å². The SMILES string of the molecule is CCOc1n[nH]c(NC(=O)C(C)(C)CCl)n1. The van der Waals surface area contributed by atoms with Gasteiger partial charge in [-0.2, -0.15) is 4.98 Å². The molecule has 1 heterocycles. The molecule has 1 amide bonds. The highest BCUT2D eigenvalue weighted by Crippen LogP contribution is 2.19. The molecule has 0 aliphatic carbocycles. The van der Waals surface area contributed by atoms with Gasteiger partial charge in [0.05, 0.1) is 12.0 Å². The summed E-state index contributed by atoms with van der Waals surface area (Å²) in [5.74, 6) is 0.263. The number of hydrogen-bond donors (Lipinski definition) is 2. The Kier molecular flexibility index (Phi) is 4.12. The van der Waals surface area contributed by atoms with Crippen LogP contribution in [0.4, 0.5) is 5.95 Å². The van der Waals surface area contributed by atoms with Gasteiger partial charge in [0.2, 0.25) is 11.9 Å². The molecule has 0 aliphatic rings. The predicted molar refractivity (Wildman–Crippen MR) is 60.7 cm³/mol. The fraction of sp³-hybridized carbons (Fsp3) is 0.667. The minimum Gasteiger partial charge on any atom is -0.463 e. The molecular weight excluding hydrogens is 232 g/mol. The van der Waals surface area contributed by atoms with Crippen molar-refractivity contribution < 1.29 is 9.53 Å². The number of H-pyrrole nitrogens is 1. The monoisotopic (exact) mass is 246 g/mol. The van der Waals surface area contributed by atoms with Gasteiger partial charge in [0, 0.05) is 5.88 Å². The van der Waals surface area contributed by atoms with E-state index >= 15 is 0 Å². The molecule has 0 radical (unpaired) electrons. The standard InChI is InChI=1S/C9H15ClN4O2/c1-4-16-8-12-7(13-14-8)11-6(15)9(2,3)5-10/h4-5H2,1-3H3,(H2,11,12,13,14,15). The van der Waals surface area contributed by atoms with Crippen molar-refractivity contribution in [2.45, 2.75) is 20.8 Å². The number of carbonyl (C=O) groups is 1. The molecular formula is C9H15ClN4O2. The second kappa shape index (κ2) is 5.16. The van der Waals surface area contributed by atoms with E-state index in [0.29, 0.717) is 6.61 Å². The molecule has 0 fully saturated rings. The number of carbonyl (C=O) groups excluding carboxylic acids is 1. The van der Waals surface area contributed by atoms with Crippen molar-refractivity contribution in [3.05, 3.63) is 0 Å². The highest BCUT2D eigenvalue weighted by Gasteiger charge is 2.27. The summed E-state index contributed by atoms with van der Waals surface area (Å²) in [4.78, 5) is 15.6. The van der Waals surface area contributed by atoms with Crippen molar-refractivity contribution >= 4 is 23.5 Å². The van der Waals surface area contributed by atoms with E-state index in [0.717, 1.165) is 0 Å². The number of aromatic nitrogens is 3. The first-order valence-electron chi connectivity index (χ1n) is 4.92. The lowest BCUT2D eigenvalue weighted by Gasteiger charge is -2.18. The number of amides is 1. The zero-order valence-corrected chi connectivity index (χ0v) is 10.3. The number of ether oxygens (including phenoxy) is 1. The highest BCUT2D eigenvalue weighted by molar-refractivity contribution is 6.20. The van der Waals surface area contributed by atoms with Gasteiger partial charge in [0.25, 0.3) is 0 Å². The minimum absolute atomic E-state index is 0.210. The van der Waals surface area contributed by atoms with E-state index in [1.807, 2.05) is 6.92 Å². The number of aromatic amines is 1. The summed E-state index contributed by atoms with van der Waals surface area (Å²) in [6, 6.07) is 0.210. The van der Waals surface area contributed by atoms with Gasteiger partial charge in [-0.05, 0) is 20.8 Å². The van der Waals surface area contributed by atoms with E-state index in [4.69, 9.17) is 16.3 Å². The van der Waals surface area contributed by atoms with E-state index in [9.17, 15) is 4.79 Å². The van der Waals surface area contributed by atoms with Gasteiger partial charge >= 0.3 is 6.01 Å².